The summed E-state index contributed by atoms with van der Waals surface area (Å²) in [6.07, 6.45) is 2.38. The number of non-ortho nitro benzene ring substituents is 1. The van der Waals surface area contributed by atoms with Crippen LogP contribution in [0.15, 0.2) is 24.4 Å². The molecule has 1 aromatic heterocycles. The summed E-state index contributed by atoms with van der Waals surface area (Å²) in [4.78, 5) is 21.2. The number of nitro benzene ring substituents is 1. The van der Waals surface area contributed by atoms with Crippen molar-refractivity contribution in [3.63, 3.8) is 0 Å². The highest BCUT2D eigenvalue weighted by molar-refractivity contribution is 5.98. The van der Waals surface area contributed by atoms with Gasteiger partial charge in [0.2, 0.25) is 0 Å². The predicted octanol–water partition coefficient (Wildman–Crippen LogP) is 2.01. The molecule has 2 aromatic rings. The fourth-order valence-electron chi connectivity index (χ4n) is 1.89. The van der Waals surface area contributed by atoms with E-state index in [1.807, 2.05) is 4.57 Å². The Bertz CT molecular complexity index is 603. The molecule has 0 atom stereocenters. The molecule has 1 heterocycles. The normalized spacial score (nSPS) is 10.7. The summed E-state index contributed by atoms with van der Waals surface area (Å²) in [5.41, 5.74) is 1.22. The van der Waals surface area contributed by atoms with Gasteiger partial charge in [0, 0.05) is 48.5 Å². The lowest BCUT2D eigenvalue weighted by atomic mass is 10.2. The quantitative estimate of drug-likeness (QED) is 0.461. The standard InChI is InChI=1S/C12H12N2O4/c1-18-5-4-13-7-9(8-15)11-6-10(14(16)17)2-3-12(11)13/h2-3,6-8H,4-5H2,1H3. The molecule has 0 bridgehead atoms. The maximum atomic E-state index is 11.0. The van der Waals surface area contributed by atoms with Crippen molar-refractivity contribution >= 4 is 22.9 Å². The number of aldehydes is 1. The molecule has 2 rings (SSSR count). The van der Waals surface area contributed by atoms with E-state index in [-0.39, 0.29) is 5.69 Å². The lowest BCUT2D eigenvalue weighted by Gasteiger charge is -2.03. The molecule has 0 aliphatic rings. The highest BCUT2D eigenvalue weighted by atomic mass is 16.6. The zero-order chi connectivity index (χ0) is 13.1. The summed E-state index contributed by atoms with van der Waals surface area (Å²) in [6, 6.07) is 4.50. The van der Waals surface area contributed by atoms with Gasteiger partial charge in [-0.3, -0.25) is 14.9 Å². The second-order valence-electron chi connectivity index (χ2n) is 3.85. The summed E-state index contributed by atoms with van der Waals surface area (Å²) < 4.78 is 6.84. The van der Waals surface area contributed by atoms with Gasteiger partial charge in [-0.1, -0.05) is 0 Å². The van der Waals surface area contributed by atoms with Gasteiger partial charge in [-0.2, -0.15) is 0 Å². The number of hydrogen-bond donors (Lipinski definition) is 0. The van der Waals surface area contributed by atoms with E-state index in [1.165, 1.54) is 12.1 Å². The van der Waals surface area contributed by atoms with Gasteiger partial charge < -0.3 is 9.30 Å². The molecule has 0 saturated carbocycles. The van der Waals surface area contributed by atoms with E-state index in [0.29, 0.717) is 30.4 Å². The van der Waals surface area contributed by atoms with E-state index in [1.54, 1.807) is 19.4 Å². The molecular weight excluding hydrogens is 236 g/mol. The molecular formula is C12H12N2O4. The smallest absolute Gasteiger partial charge is 0.270 e. The lowest BCUT2D eigenvalue weighted by molar-refractivity contribution is -0.384. The molecule has 0 aliphatic carbocycles. The molecule has 0 spiro atoms. The van der Waals surface area contributed by atoms with Crippen molar-refractivity contribution in [1.29, 1.82) is 0 Å². The Kier molecular flexibility index (Phi) is 3.38. The van der Waals surface area contributed by atoms with Crippen LogP contribution in [-0.4, -0.2) is 29.5 Å². The summed E-state index contributed by atoms with van der Waals surface area (Å²) in [5, 5.41) is 11.3. The number of rotatable bonds is 5. The molecule has 0 saturated heterocycles. The minimum absolute atomic E-state index is 0.0184. The number of carbonyl (C=O) groups is 1. The molecule has 18 heavy (non-hydrogen) atoms. The van der Waals surface area contributed by atoms with Crippen LogP contribution >= 0.6 is 0 Å². The average molecular weight is 248 g/mol. The fourth-order valence-corrected chi connectivity index (χ4v) is 1.89. The van der Waals surface area contributed by atoms with Crippen molar-refractivity contribution in [3.8, 4) is 0 Å². The van der Waals surface area contributed by atoms with Gasteiger partial charge in [-0.05, 0) is 6.07 Å². The van der Waals surface area contributed by atoms with Crippen molar-refractivity contribution in [2.24, 2.45) is 0 Å². The summed E-state index contributed by atoms with van der Waals surface area (Å²) >= 11 is 0. The molecule has 0 N–H and O–H groups in total. The van der Waals surface area contributed by atoms with E-state index in [9.17, 15) is 14.9 Å². The summed E-state index contributed by atoms with van der Waals surface area (Å²) in [5.74, 6) is 0. The van der Waals surface area contributed by atoms with Crippen LogP contribution in [0.25, 0.3) is 10.9 Å². The largest absolute Gasteiger partial charge is 0.383 e. The van der Waals surface area contributed by atoms with Crippen LogP contribution in [-0.2, 0) is 11.3 Å². The second-order valence-corrected chi connectivity index (χ2v) is 3.85. The molecule has 0 fully saturated rings. The molecule has 0 amide bonds. The van der Waals surface area contributed by atoms with E-state index < -0.39 is 4.92 Å². The first kappa shape index (κ1) is 12.3. The topological polar surface area (TPSA) is 74.4 Å². The first-order valence-electron chi connectivity index (χ1n) is 5.38. The predicted molar refractivity (Wildman–Crippen MR) is 65.9 cm³/mol. The molecule has 6 heteroatoms. The third-order valence-electron chi connectivity index (χ3n) is 2.77. The Labute approximate surface area is 103 Å². The Morgan fingerprint density at radius 2 is 2.28 bits per heavy atom. The van der Waals surface area contributed by atoms with E-state index in [2.05, 4.69) is 0 Å². The van der Waals surface area contributed by atoms with Gasteiger partial charge in [-0.25, -0.2) is 0 Å². The molecule has 0 unspecified atom stereocenters. The summed E-state index contributed by atoms with van der Waals surface area (Å²) in [6.45, 7) is 1.11. The van der Waals surface area contributed by atoms with Crippen LogP contribution in [0.1, 0.15) is 10.4 Å². The maximum absolute atomic E-state index is 11.0. The van der Waals surface area contributed by atoms with Crippen molar-refractivity contribution < 1.29 is 14.5 Å². The van der Waals surface area contributed by atoms with Gasteiger partial charge in [0.15, 0.2) is 6.29 Å². The minimum Gasteiger partial charge on any atom is -0.383 e. The van der Waals surface area contributed by atoms with Crippen LogP contribution in [0.3, 0.4) is 0 Å². The number of hydrogen-bond acceptors (Lipinski definition) is 4. The number of methoxy groups -OCH3 is 1. The SMILES string of the molecule is COCCn1cc(C=O)c2cc([N+](=O)[O-])ccc21. The third-order valence-corrected chi connectivity index (χ3v) is 2.77. The van der Waals surface area contributed by atoms with E-state index in [4.69, 9.17) is 4.74 Å². The van der Waals surface area contributed by atoms with Crippen molar-refractivity contribution in [2.45, 2.75) is 6.54 Å². The van der Waals surface area contributed by atoms with Gasteiger partial charge in [0.25, 0.3) is 5.69 Å². The Balaban J connectivity index is 2.56. The minimum atomic E-state index is -0.472. The maximum Gasteiger partial charge on any atom is 0.270 e. The second kappa shape index (κ2) is 4.97. The Morgan fingerprint density at radius 3 is 2.89 bits per heavy atom. The number of carbonyl (C=O) groups excluding carboxylic acids is 1. The average Bonchev–Trinajstić information content (AvgIpc) is 2.73. The van der Waals surface area contributed by atoms with Crippen LogP contribution in [0.2, 0.25) is 0 Å². The lowest BCUT2D eigenvalue weighted by Crippen LogP contribution is -2.02. The third kappa shape index (κ3) is 2.10. The first-order chi connectivity index (χ1) is 8.67. The van der Waals surface area contributed by atoms with Crippen LogP contribution in [0.5, 0.6) is 0 Å². The van der Waals surface area contributed by atoms with Gasteiger partial charge >= 0.3 is 0 Å². The Hall–Kier alpha value is -2.21. The fraction of sp³-hybridized carbons (Fsp3) is 0.250. The van der Waals surface area contributed by atoms with Gasteiger partial charge in [-0.15, -0.1) is 0 Å². The summed E-state index contributed by atoms with van der Waals surface area (Å²) in [7, 11) is 1.59. The Morgan fingerprint density at radius 1 is 1.50 bits per heavy atom. The number of ether oxygens (including phenoxy) is 1. The highest BCUT2D eigenvalue weighted by Crippen LogP contribution is 2.25. The zero-order valence-corrected chi connectivity index (χ0v) is 9.83. The molecule has 0 aliphatic heterocycles. The number of aromatic nitrogens is 1. The molecule has 0 radical (unpaired) electrons. The van der Waals surface area contributed by atoms with Gasteiger partial charge in [0.1, 0.15) is 0 Å². The number of fused-ring (bicyclic) bond motifs is 1. The van der Waals surface area contributed by atoms with Crippen molar-refractivity contribution in [2.75, 3.05) is 13.7 Å². The van der Waals surface area contributed by atoms with E-state index in [0.717, 1.165) is 5.52 Å². The number of nitrogens with zero attached hydrogens (tertiary/aromatic N) is 2. The monoisotopic (exact) mass is 248 g/mol. The zero-order valence-electron chi connectivity index (χ0n) is 9.83. The van der Waals surface area contributed by atoms with E-state index >= 15 is 0 Å². The van der Waals surface area contributed by atoms with Crippen LogP contribution < -0.4 is 0 Å². The molecule has 6 nitrogen and oxygen atoms in total. The van der Waals surface area contributed by atoms with Crippen molar-refractivity contribution in [1.82, 2.24) is 4.57 Å². The van der Waals surface area contributed by atoms with Gasteiger partial charge in [0.05, 0.1) is 11.5 Å². The first-order valence-corrected chi connectivity index (χ1v) is 5.38. The number of nitro groups is 1. The number of benzene rings is 1. The molecule has 1 aromatic carbocycles. The van der Waals surface area contributed by atoms with Crippen LogP contribution in [0, 0.1) is 10.1 Å². The highest BCUT2D eigenvalue weighted by Gasteiger charge is 2.12. The van der Waals surface area contributed by atoms with Crippen molar-refractivity contribution in [3.05, 3.63) is 40.1 Å². The van der Waals surface area contributed by atoms with Crippen LogP contribution in [0.4, 0.5) is 5.69 Å². The molecule has 94 valence electrons.